The molecule has 0 aromatic heterocycles. The van der Waals surface area contributed by atoms with E-state index < -0.39 is 16.5 Å². The van der Waals surface area contributed by atoms with Crippen LogP contribution in [0.2, 0.25) is 5.02 Å². The number of rotatable bonds is 6. The monoisotopic (exact) mass is 274 g/mol. The van der Waals surface area contributed by atoms with E-state index in [4.69, 9.17) is 26.8 Å². The highest BCUT2D eigenvalue weighted by Crippen LogP contribution is 2.35. The van der Waals surface area contributed by atoms with Crippen LogP contribution in [0.4, 0.5) is 5.69 Å². The van der Waals surface area contributed by atoms with Gasteiger partial charge in [0, 0.05) is 18.7 Å². The summed E-state index contributed by atoms with van der Waals surface area (Å²) in [6, 6.07) is 2.27. The SMILES string of the molecule is COCCOc1cc(C(N)=O)cc([N+](=O)[O-])c1Cl. The van der Waals surface area contributed by atoms with Crippen molar-refractivity contribution >= 4 is 23.2 Å². The highest BCUT2D eigenvalue weighted by atomic mass is 35.5. The predicted molar refractivity (Wildman–Crippen MR) is 64.0 cm³/mol. The van der Waals surface area contributed by atoms with E-state index in [-0.39, 0.29) is 29.5 Å². The van der Waals surface area contributed by atoms with E-state index in [1.54, 1.807) is 0 Å². The van der Waals surface area contributed by atoms with Gasteiger partial charge in [0.25, 0.3) is 5.69 Å². The molecule has 2 N–H and O–H groups in total. The number of nitro groups is 1. The molecular weight excluding hydrogens is 264 g/mol. The van der Waals surface area contributed by atoms with Gasteiger partial charge in [-0.2, -0.15) is 0 Å². The van der Waals surface area contributed by atoms with Crippen molar-refractivity contribution < 1.29 is 19.2 Å². The summed E-state index contributed by atoms with van der Waals surface area (Å²) in [5, 5.41) is 10.6. The van der Waals surface area contributed by atoms with Gasteiger partial charge < -0.3 is 15.2 Å². The third-order valence-corrected chi connectivity index (χ3v) is 2.43. The molecule has 0 saturated carbocycles. The Morgan fingerprint density at radius 1 is 1.50 bits per heavy atom. The number of nitro benzene ring substituents is 1. The van der Waals surface area contributed by atoms with Crippen molar-refractivity contribution in [3.8, 4) is 5.75 Å². The second-order valence-corrected chi connectivity index (χ2v) is 3.65. The number of nitrogens with two attached hydrogens (primary N) is 1. The molecule has 1 aromatic rings. The van der Waals surface area contributed by atoms with E-state index in [1.807, 2.05) is 0 Å². The molecule has 18 heavy (non-hydrogen) atoms. The summed E-state index contributed by atoms with van der Waals surface area (Å²) in [6.45, 7) is 0.431. The lowest BCUT2D eigenvalue weighted by Crippen LogP contribution is -2.12. The summed E-state index contributed by atoms with van der Waals surface area (Å²) in [5.74, 6) is -0.775. The molecule has 0 aliphatic rings. The van der Waals surface area contributed by atoms with Crippen molar-refractivity contribution in [2.75, 3.05) is 20.3 Å². The molecule has 1 rings (SSSR count). The van der Waals surface area contributed by atoms with Gasteiger partial charge in [0.15, 0.2) is 5.02 Å². The van der Waals surface area contributed by atoms with E-state index in [1.165, 1.54) is 13.2 Å². The Balaban J connectivity index is 3.14. The smallest absolute Gasteiger partial charge is 0.292 e. The van der Waals surface area contributed by atoms with Crippen LogP contribution in [0.25, 0.3) is 0 Å². The molecule has 0 heterocycles. The van der Waals surface area contributed by atoms with Gasteiger partial charge in [0.1, 0.15) is 12.4 Å². The third kappa shape index (κ3) is 3.31. The fourth-order valence-electron chi connectivity index (χ4n) is 1.20. The van der Waals surface area contributed by atoms with Crippen molar-refractivity contribution in [2.45, 2.75) is 0 Å². The van der Waals surface area contributed by atoms with Crippen molar-refractivity contribution in [1.82, 2.24) is 0 Å². The Kier molecular flexibility index (Phi) is 4.87. The van der Waals surface area contributed by atoms with E-state index in [0.717, 1.165) is 6.07 Å². The summed E-state index contributed by atoms with van der Waals surface area (Å²) in [6.07, 6.45) is 0. The fourth-order valence-corrected chi connectivity index (χ4v) is 1.43. The molecule has 98 valence electrons. The molecule has 0 fully saturated rings. The number of benzene rings is 1. The predicted octanol–water partition coefficient (Wildman–Crippen LogP) is 1.37. The molecule has 7 nitrogen and oxygen atoms in total. The van der Waals surface area contributed by atoms with Crippen LogP contribution in [-0.4, -0.2) is 31.2 Å². The van der Waals surface area contributed by atoms with Crippen LogP contribution in [0.3, 0.4) is 0 Å². The molecule has 1 amide bonds. The molecule has 0 spiro atoms. The van der Waals surface area contributed by atoms with Gasteiger partial charge in [-0.05, 0) is 6.07 Å². The molecule has 0 aliphatic carbocycles. The van der Waals surface area contributed by atoms with Crippen molar-refractivity contribution in [3.05, 3.63) is 32.8 Å². The number of carbonyl (C=O) groups excluding carboxylic acids is 1. The van der Waals surface area contributed by atoms with Crippen LogP contribution in [0.5, 0.6) is 5.75 Å². The van der Waals surface area contributed by atoms with Gasteiger partial charge in [-0.25, -0.2) is 0 Å². The number of hydrogen-bond donors (Lipinski definition) is 1. The normalized spacial score (nSPS) is 10.1. The van der Waals surface area contributed by atoms with Crippen molar-refractivity contribution in [1.29, 1.82) is 0 Å². The fraction of sp³-hybridized carbons (Fsp3) is 0.300. The Morgan fingerprint density at radius 2 is 2.17 bits per heavy atom. The van der Waals surface area contributed by atoms with Crippen molar-refractivity contribution in [3.63, 3.8) is 0 Å². The molecule has 0 atom stereocenters. The van der Waals surface area contributed by atoms with E-state index >= 15 is 0 Å². The lowest BCUT2D eigenvalue weighted by molar-refractivity contribution is -0.384. The summed E-state index contributed by atoms with van der Waals surface area (Å²) in [7, 11) is 1.48. The van der Waals surface area contributed by atoms with Gasteiger partial charge >= 0.3 is 0 Å². The lowest BCUT2D eigenvalue weighted by atomic mass is 10.2. The number of primary amides is 1. The Hall–Kier alpha value is -1.86. The second-order valence-electron chi connectivity index (χ2n) is 3.27. The molecule has 0 aliphatic heterocycles. The van der Waals surface area contributed by atoms with Crippen LogP contribution in [0.1, 0.15) is 10.4 Å². The van der Waals surface area contributed by atoms with Crippen LogP contribution in [0.15, 0.2) is 12.1 Å². The molecule has 0 saturated heterocycles. The van der Waals surface area contributed by atoms with Crippen LogP contribution in [0, 0.1) is 10.1 Å². The first-order valence-electron chi connectivity index (χ1n) is 4.86. The first kappa shape index (κ1) is 14.2. The molecule has 8 heteroatoms. The van der Waals surface area contributed by atoms with Gasteiger partial charge in [0.2, 0.25) is 5.91 Å². The van der Waals surface area contributed by atoms with E-state index in [9.17, 15) is 14.9 Å². The van der Waals surface area contributed by atoms with Gasteiger partial charge in [-0.3, -0.25) is 14.9 Å². The lowest BCUT2D eigenvalue weighted by Gasteiger charge is -2.09. The Morgan fingerprint density at radius 3 is 2.67 bits per heavy atom. The Bertz CT molecular complexity index is 478. The van der Waals surface area contributed by atoms with Gasteiger partial charge in [0.05, 0.1) is 11.5 Å². The van der Waals surface area contributed by atoms with Crippen LogP contribution in [-0.2, 0) is 4.74 Å². The van der Waals surface area contributed by atoms with Gasteiger partial charge in [-0.1, -0.05) is 11.6 Å². The minimum Gasteiger partial charge on any atom is -0.489 e. The van der Waals surface area contributed by atoms with E-state index in [2.05, 4.69) is 0 Å². The summed E-state index contributed by atoms with van der Waals surface area (Å²) in [5.41, 5.74) is 4.60. The molecular formula is C10H11ClN2O5. The third-order valence-electron chi connectivity index (χ3n) is 2.05. The number of amides is 1. The quantitative estimate of drug-likeness (QED) is 0.479. The minimum atomic E-state index is -0.800. The topological polar surface area (TPSA) is 105 Å². The average molecular weight is 275 g/mol. The molecule has 0 radical (unpaired) electrons. The number of methoxy groups -OCH3 is 1. The standard InChI is InChI=1S/C10H11ClN2O5/c1-17-2-3-18-8-5-6(10(12)14)4-7(9(8)11)13(15)16/h4-5H,2-3H2,1H3,(H2,12,14). The number of nitrogens with zero attached hydrogens (tertiary/aromatic N) is 1. The minimum absolute atomic E-state index is 0.0247. The van der Waals surface area contributed by atoms with Crippen LogP contribution < -0.4 is 10.5 Å². The largest absolute Gasteiger partial charge is 0.489 e. The summed E-state index contributed by atoms with van der Waals surface area (Å²) in [4.78, 5) is 21.1. The Labute approximate surface area is 108 Å². The maximum atomic E-state index is 11.0. The van der Waals surface area contributed by atoms with E-state index in [0.29, 0.717) is 0 Å². The van der Waals surface area contributed by atoms with Crippen LogP contribution >= 0.6 is 11.6 Å². The molecule has 0 bridgehead atoms. The van der Waals surface area contributed by atoms with Gasteiger partial charge in [-0.15, -0.1) is 0 Å². The number of carbonyl (C=O) groups is 1. The first-order chi connectivity index (χ1) is 8.47. The number of ether oxygens (including phenoxy) is 2. The second kappa shape index (κ2) is 6.18. The maximum Gasteiger partial charge on any atom is 0.292 e. The summed E-state index contributed by atoms with van der Waals surface area (Å²) >= 11 is 5.80. The highest BCUT2D eigenvalue weighted by Gasteiger charge is 2.20. The molecule has 1 aromatic carbocycles. The zero-order valence-corrected chi connectivity index (χ0v) is 10.3. The summed E-state index contributed by atoms with van der Waals surface area (Å²) < 4.78 is 9.95. The number of halogens is 1. The average Bonchev–Trinajstić information content (AvgIpc) is 2.30. The maximum absolute atomic E-state index is 11.0. The molecule has 0 unspecified atom stereocenters. The first-order valence-corrected chi connectivity index (χ1v) is 5.24. The zero-order chi connectivity index (χ0) is 13.7. The number of hydrogen-bond acceptors (Lipinski definition) is 5. The zero-order valence-electron chi connectivity index (χ0n) is 9.51. The highest BCUT2D eigenvalue weighted by molar-refractivity contribution is 6.34. The van der Waals surface area contributed by atoms with Crippen molar-refractivity contribution in [2.24, 2.45) is 5.73 Å².